The predicted molar refractivity (Wildman–Crippen MR) is 72.6 cm³/mol. The average Bonchev–Trinajstić information content (AvgIpc) is 2.87. The first-order chi connectivity index (χ1) is 9.17. The third kappa shape index (κ3) is 2.82. The van der Waals surface area contributed by atoms with Crippen molar-refractivity contribution in [1.29, 1.82) is 0 Å². The summed E-state index contributed by atoms with van der Waals surface area (Å²) in [4.78, 5) is 28.7. The van der Waals surface area contributed by atoms with Crippen LogP contribution in [0.15, 0.2) is 22.6 Å². The van der Waals surface area contributed by atoms with Gasteiger partial charge in [0.2, 0.25) is 0 Å². The number of fused-ring (bicyclic) bond motifs is 1. The highest BCUT2D eigenvalue weighted by atomic mass is 32.1. The van der Waals surface area contributed by atoms with E-state index in [1.165, 1.54) is 21.9 Å². The summed E-state index contributed by atoms with van der Waals surface area (Å²) in [5.41, 5.74) is -0.352. The molecule has 19 heavy (non-hydrogen) atoms. The molecular formula is C12H15N3O3S. The number of carbonyl (C=O) groups excluding carboxylic acids is 1. The second kappa shape index (κ2) is 5.94. The molecular weight excluding hydrogens is 266 g/mol. The van der Waals surface area contributed by atoms with E-state index in [1.54, 1.807) is 11.6 Å². The molecule has 7 heteroatoms. The second-order valence-electron chi connectivity index (χ2n) is 4.12. The zero-order valence-corrected chi connectivity index (χ0v) is 11.3. The van der Waals surface area contributed by atoms with Gasteiger partial charge < -0.3 is 10.4 Å². The van der Waals surface area contributed by atoms with Crippen molar-refractivity contribution in [2.75, 3.05) is 6.61 Å². The number of amides is 1. The molecule has 2 heterocycles. The largest absolute Gasteiger partial charge is 0.396 e. The van der Waals surface area contributed by atoms with Crippen molar-refractivity contribution in [3.8, 4) is 0 Å². The van der Waals surface area contributed by atoms with Gasteiger partial charge in [-0.05, 0) is 12.8 Å². The van der Waals surface area contributed by atoms with Gasteiger partial charge in [-0.1, -0.05) is 6.92 Å². The lowest BCUT2D eigenvalue weighted by atomic mass is 10.1. The van der Waals surface area contributed by atoms with E-state index in [2.05, 4.69) is 10.3 Å². The number of rotatable bonds is 5. The third-order valence-corrected chi connectivity index (χ3v) is 3.66. The van der Waals surface area contributed by atoms with Gasteiger partial charge in [0.05, 0.1) is 0 Å². The zero-order valence-electron chi connectivity index (χ0n) is 10.5. The van der Waals surface area contributed by atoms with Crippen molar-refractivity contribution in [3.05, 3.63) is 33.7 Å². The topological polar surface area (TPSA) is 83.7 Å². The Morgan fingerprint density at radius 3 is 3.11 bits per heavy atom. The highest BCUT2D eigenvalue weighted by Crippen LogP contribution is 2.06. The van der Waals surface area contributed by atoms with E-state index in [9.17, 15) is 9.59 Å². The summed E-state index contributed by atoms with van der Waals surface area (Å²) in [6.45, 7) is 1.91. The fourth-order valence-corrected chi connectivity index (χ4v) is 2.45. The monoisotopic (exact) mass is 281 g/mol. The number of hydrogen-bond donors (Lipinski definition) is 2. The first-order valence-corrected chi connectivity index (χ1v) is 6.92. The molecule has 2 N–H and O–H groups in total. The Hall–Kier alpha value is -1.73. The van der Waals surface area contributed by atoms with E-state index in [1.807, 2.05) is 6.92 Å². The van der Waals surface area contributed by atoms with Crippen LogP contribution in [-0.4, -0.2) is 33.0 Å². The van der Waals surface area contributed by atoms with Crippen LogP contribution in [0.5, 0.6) is 0 Å². The van der Waals surface area contributed by atoms with Gasteiger partial charge in [0, 0.05) is 30.4 Å². The fraction of sp³-hybridized carbons (Fsp3) is 0.417. The molecule has 1 unspecified atom stereocenters. The van der Waals surface area contributed by atoms with Gasteiger partial charge in [0.15, 0.2) is 4.96 Å². The Morgan fingerprint density at radius 2 is 2.42 bits per heavy atom. The molecule has 0 aliphatic carbocycles. The maximum Gasteiger partial charge on any atom is 0.271 e. The van der Waals surface area contributed by atoms with Gasteiger partial charge in [0.1, 0.15) is 5.56 Å². The first-order valence-electron chi connectivity index (χ1n) is 6.04. The lowest BCUT2D eigenvalue weighted by Gasteiger charge is -2.15. The summed E-state index contributed by atoms with van der Waals surface area (Å²) in [5, 5.41) is 13.4. The number of aliphatic hydroxyl groups excluding tert-OH is 1. The van der Waals surface area contributed by atoms with Crippen molar-refractivity contribution >= 4 is 22.2 Å². The molecule has 102 valence electrons. The number of thiazole rings is 1. The lowest BCUT2D eigenvalue weighted by Crippen LogP contribution is -2.38. The molecule has 0 bridgehead atoms. The van der Waals surface area contributed by atoms with Crippen LogP contribution in [0.1, 0.15) is 30.1 Å². The quantitative estimate of drug-likeness (QED) is 0.842. The van der Waals surface area contributed by atoms with Crippen molar-refractivity contribution in [1.82, 2.24) is 14.7 Å². The minimum absolute atomic E-state index is 0.000412. The molecule has 6 nitrogen and oxygen atoms in total. The standard InChI is InChI=1S/C12H15N3O3S/c1-2-8(3-5-16)14-10(17)9-7-13-12-15(11(9)18)4-6-19-12/h4,6-8,16H,2-3,5H2,1H3,(H,14,17). The summed E-state index contributed by atoms with van der Waals surface area (Å²) in [5.74, 6) is -0.446. The van der Waals surface area contributed by atoms with Gasteiger partial charge in [-0.3, -0.25) is 14.0 Å². The molecule has 0 aliphatic heterocycles. The molecule has 0 radical (unpaired) electrons. The van der Waals surface area contributed by atoms with E-state index in [0.717, 1.165) is 0 Å². The van der Waals surface area contributed by atoms with Crippen LogP contribution in [-0.2, 0) is 0 Å². The lowest BCUT2D eigenvalue weighted by molar-refractivity contribution is 0.0927. The van der Waals surface area contributed by atoms with Crippen LogP contribution >= 0.6 is 11.3 Å². The van der Waals surface area contributed by atoms with Crippen LogP contribution in [0.3, 0.4) is 0 Å². The van der Waals surface area contributed by atoms with Crippen LogP contribution in [0.2, 0.25) is 0 Å². The van der Waals surface area contributed by atoms with Crippen LogP contribution < -0.4 is 10.9 Å². The molecule has 2 aromatic rings. The van der Waals surface area contributed by atoms with Crippen LogP contribution in [0, 0.1) is 0 Å². The minimum atomic E-state index is -0.446. The zero-order chi connectivity index (χ0) is 13.8. The smallest absolute Gasteiger partial charge is 0.271 e. The fourth-order valence-electron chi connectivity index (χ4n) is 1.78. The van der Waals surface area contributed by atoms with E-state index < -0.39 is 5.91 Å². The summed E-state index contributed by atoms with van der Waals surface area (Å²) in [6, 6.07) is -0.139. The maximum atomic E-state index is 12.1. The number of aliphatic hydroxyl groups is 1. The number of carbonyl (C=O) groups is 1. The highest BCUT2D eigenvalue weighted by Gasteiger charge is 2.16. The molecule has 0 aromatic carbocycles. The highest BCUT2D eigenvalue weighted by molar-refractivity contribution is 7.15. The van der Waals surface area contributed by atoms with Crippen molar-refractivity contribution in [3.63, 3.8) is 0 Å². The summed E-state index contributed by atoms with van der Waals surface area (Å²) in [6.07, 6.45) is 4.06. The molecule has 2 rings (SSSR count). The van der Waals surface area contributed by atoms with Crippen LogP contribution in [0.4, 0.5) is 0 Å². The third-order valence-electron chi connectivity index (χ3n) is 2.89. The SMILES string of the molecule is CCC(CCO)NC(=O)c1cnc2sccn2c1=O. The van der Waals surface area contributed by atoms with Gasteiger partial charge in [-0.2, -0.15) is 0 Å². The summed E-state index contributed by atoms with van der Waals surface area (Å²) in [7, 11) is 0. The van der Waals surface area contributed by atoms with Crippen molar-refractivity contribution in [2.45, 2.75) is 25.8 Å². The van der Waals surface area contributed by atoms with Crippen LogP contribution in [0.25, 0.3) is 4.96 Å². The molecule has 0 spiro atoms. The molecule has 2 aromatic heterocycles. The molecule has 0 saturated carbocycles. The average molecular weight is 281 g/mol. The molecule has 0 saturated heterocycles. The van der Waals surface area contributed by atoms with E-state index in [0.29, 0.717) is 17.8 Å². The summed E-state index contributed by atoms with van der Waals surface area (Å²) < 4.78 is 1.35. The number of aromatic nitrogens is 2. The number of hydrogen-bond acceptors (Lipinski definition) is 5. The van der Waals surface area contributed by atoms with Crippen molar-refractivity contribution in [2.24, 2.45) is 0 Å². The van der Waals surface area contributed by atoms with Gasteiger partial charge >= 0.3 is 0 Å². The van der Waals surface area contributed by atoms with E-state index in [-0.39, 0.29) is 23.8 Å². The Morgan fingerprint density at radius 1 is 1.63 bits per heavy atom. The first kappa shape index (κ1) is 13.7. The molecule has 0 aliphatic rings. The predicted octanol–water partition coefficient (Wildman–Crippen LogP) is 0.647. The van der Waals surface area contributed by atoms with E-state index in [4.69, 9.17) is 5.11 Å². The Bertz CT molecular complexity index is 634. The molecule has 0 fully saturated rings. The molecule has 1 amide bonds. The normalized spacial score (nSPS) is 12.5. The summed E-state index contributed by atoms with van der Waals surface area (Å²) >= 11 is 1.34. The van der Waals surface area contributed by atoms with Gasteiger partial charge in [-0.15, -0.1) is 11.3 Å². The minimum Gasteiger partial charge on any atom is -0.396 e. The Labute approximate surface area is 113 Å². The van der Waals surface area contributed by atoms with Crippen molar-refractivity contribution < 1.29 is 9.90 Å². The van der Waals surface area contributed by atoms with E-state index >= 15 is 0 Å². The number of nitrogens with one attached hydrogen (secondary N) is 1. The number of nitrogens with zero attached hydrogens (tertiary/aromatic N) is 2. The molecule has 1 atom stereocenters. The maximum absolute atomic E-state index is 12.1. The van der Waals surface area contributed by atoms with Gasteiger partial charge in [0.25, 0.3) is 11.5 Å². The second-order valence-corrected chi connectivity index (χ2v) is 5.00. The Kier molecular flexibility index (Phi) is 4.28. The Balaban J connectivity index is 2.26. The van der Waals surface area contributed by atoms with Gasteiger partial charge in [-0.25, -0.2) is 4.98 Å².